The molecule has 2 nitrogen and oxygen atoms in total. The molecule has 1 saturated carbocycles. The summed E-state index contributed by atoms with van der Waals surface area (Å²) in [6, 6.07) is 10.3. The van der Waals surface area contributed by atoms with E-state index in [1.165, 1.54) is 44.1 Å². The van der Waals surface area contributed by atoms with Gasteiger partial charge in [-0.1, -0.05) is 59.8 Å². The molecule has 1 aromatic heterocycles. The fourth-order valence-corrected chi connectivity index (χ4v) is 3.84. The summed E-state index contributed by atoms with van der Waals surface area (Å²) in [6.45, 7) is 0. The van der Waals surface area contributed by atoms with Crippen LogP contribution in [0.3, 0.4) is 0 Å². The van der Waals surface area contributed by atoms with E-state index in [0.29, 0.717) is 4.83 Å². The average Bonchev–Trinajstić information content (AvgIpc) is 2.83. The van der Waals surface area contributed by atoms with E-state index in [2.05, 4.69) is 39.4 Å². The van der Waals surface area contributed by atoms with Gasteiger partial charge < -0.3 is 0 Å². The predicted molar refractivity (Wildman–Crippen MR) is 86.4 cm³/mol. The molecule has 1 aliphatic carbocycles. The first-order valence-corrected chi connectivity index (χ1v) is 8.50. The molecular formula is C17H21BrN2. The molecule has 3 rings (SSSR count). The standard InChI is InChI=1S/C17H21BrN2/c18-17(14-8-4-1-2-5-9-14)15-12-19-20(13-15)16-10-6-3-7-11-16/h3,6-7,10-14,17H,1-2,4-5,8-9H2. The number of halogens is 1. The molecule has 0 radical (unpaired) electrons. The second kappa shape index (κ2) is 6.57. The molecule has 106 valence electrons. The van der Waals surface area contributed by atoms with Crippen molar-refractivity contribution in [2.75, 3.05) is 0 Å². The van der Waals surface area contributed by atoms with Crippen LogP contribution in [0.2, 0.25) is 0 Å². The van der Waals surface area contributed by atoms with Gasteiger partial charge in [0.25, 0.3) is 0 Å². The van der Waals surface area contributed by atoms with Crippen molar-refractivity contribution in [1.82, 2.24) is 9.78 Å². The Labute approximate surface area is 129 Å². The number of rotatable bonds is 3. The lowest BCUT2D eigenvalue weighted by molar-refractivity contribution is 0.454. The van der Waals surface area contributed by atoms with Crippen molar-refractivity contribution < 1.29 is 0 Å². The number of para-hydroxylation sites is 1. The van der Waals surface area contributed by atoms with E-state index in [9.17, 15) is 0 Å². The number of aromatic nitrogens is 2. The van der Waals surface area contributed by atoms with Gasteiger partial charge in [0.15, 0.2) is 0 Å². The van der Waals surface area contributed by atoms with Gasteiger partial charge in [-0.05, 0) is 30.9 Å². The molecule has 0 spiro atoms. The van der Waals surface area contributed by atoms with Crippen molar-refractivity contribution in [2.24, 2.45) is 5.92 Å². The maximum Gasteiger partial charge on any atom is 0.0645 e. The van der Waals surface area contributed by atoms with Crippen LogP contribution in [0, 0.1) is 5.92 Å². The number of benzene rings is 1. The van der Waals surface area contributed by atoms with Crippen molar-refractivity contribution in [3.63, 3.8) is 0 Å². The molecule has 0 saturated heterocycles. The highest BCUT2D eigenvalue weighted by Crippen LogP contribution is 2.39. The fraction of sp³-hybridized carbons (Fsp3) is 0.471. The number of alkyl halides is 1. The van der Waals surface area contributed by atoms with Crippen molar-refractivity contribution >= 4 is 15.9 Å². The molecule has 3 heteroatoms. The molecule has 0 amide bonds. The van der Waals surface area contributed by atoms with E-state index >= 15 is 0 Å². The van der Waals surface area contributed by atoms with Crippen LogP contribution < -0.4 is 0 Å². The minimum absolute atomic E-state index is 0.443. The van der Waals surface area contributed by atoms with E-state index in [1.807, 2.05) is 29.1 Å². The first kappa shape index (κ1) is 13.9. The predicted octanol–water partition coefficient (Wildman–Crippen LogP) is 5.28. The highest BCUT2D eigenvalue weighted by Gasteiger charge is 2.23. The smallest absolute Gasteiger partial charge is 0.0645 e. The second-order valence-corrected chi connectivity index (χ2v) is 6.69. The van der Waals surface area contributed by atoms with Crippen molar-refractivity contribution in [3.05, 3.63) is 48.3 Å². The second-order valence-electron chi connectivity index (χ2n) is 5.71. The highest BCUT2D eigenvalue weighted by molar-refractivity contribution is 9.09. The first-order valence-electron chi connectivity index (χ1n) is 7.58. The van der Waals surface area contributed by atoms with E-state index in [1.54, 1.807) is 0 Å². The van der Waals surface area contributed by atoms with E-state index in [-0.39, 0.29) is 0 Å². The summed E-state index contributed by atoms with van der Waals surface area (Å²) in [5.41, 5.74) is 2.43. The summed E-state index contributed by atoms with van der Waals surface area (Å²) < 4.78 is 1.97. The summed E-state index contributed by atoms with van der Waals surface area (Å²) in [5.74, 6) is 0.755. The number of nitrogens with zero attached hydrogens (tertiary/aromatic N) is 2. The molecule has 2 aromatic rings. The topological polar surface area (TPSA) is 17.8 Å². The van der Waals surface area contributed by atoms with Gasteiger partial charge in [-0.15, -0.1) is 0 Å². The van der Waals surface area contributed by atoms with Gasteiger partial charge in [0.2, 0.25) is 0 Å². The summed E-state index contributed by atoms with van der Waals surface area (Å²) in [6.07, 6.45) is 12.4. The molecule has 1 heterocycles. The van der Waals surface area contributed by atoms with Gasteiger partial charge in [0.05, 0.1) is 11.9 Å². The monoisotopic (exact) mass is 332 g/mol. The van der Waals surface area contributed by atoms with Crippen LogP contribution in [0.15, 0.2) is 42.7 Å². The molecule has 0 bridgehead atoms. The zero-order valence-electron chi connectivity index (χ0n) is 11.7. The summed E-state index contributed by atoms with van der Waals surface area (Å²) in [5, 5.41) is 4.51. The number of hydrogen-bond acceptors (Lipinski definition) is 1. The quantitative estimate of drug-likeness (QED) is 0.552. The largest absolute Gasteiger partial charge is 0.241 e. The molecule has 1 atom stereocenters. The van der Waals surface area contributed by atoms with Crippen LogP contribution in [0.1, 0.15) is 48.9 Å². The normalized spacial score (nSPS) is 18.6. The van der Waals surface area contributed by atoms with Crippen LogP contribution in [0.25, 0.3) is 5.69 Å². The highest BCUT2D eigenvalue weighted by atomic mass is 79.9. The van der Waals surface area contributed by atoms with Gasteiger partial charge in [0, 0.05) is 16.6 Å². The Balaban J connectivity index is 1.75. The zero-order valence-corrected chi connectivity index (χ0v) is 13.3. The molecule has 1 aromatic carbocycles. The summed E-state index contributed by atoms with van der Waals surface area (Å²) in [7, 11) is 0. The lowest BCUT2D eigenvalue weighted by Crippen LogP contribution is -2.06. The van der Waals surface area contributed by atoms with Crippen LogP contribution in [-0.4, -0.2) is 9.78 Å². The zero-order chi connectivity index (χ0) is 13.8. The Morgan fingerprint density at radius 2 is 1.75 bits per heavy atom. The third-order valence-electron chi connectivity index (χ3n) is 4.26. The first-order chi connectivity index (χ1) is 9.84. The average molecular weight is 333 g/mol. The SMILES string of the molecule is BrC(c1cnn(-c2ccccc2)c1)C1CCCCCC1. The fourth-order valence-electron chi connectivity index (χ4n) is 3.08. The Bertz CT molecular complexity index is 527. The maximum atomic E-state index is 4.51. The van der Waals surface area contributed by atoms with Gasteiger partial charge in [0.1, 0.15) is 0 Å². The lowest BCUT2D eigenvalue weighted by atomic mass is 9.94. The van der Waals surface area contributed by atoms with Crippen LogP contribution in [0.5, 0.6) is 0 Å². The van der Waals surface area contributed by atoms with Crippen molar-refractivity contribution in [2.45, 2.75) is 43.4 Å². The number of hydrogen-bond donors (Lipinski definition) is 0. The Morgan fingerprint density at radius 3 is 2.45 bits per heavy atom. The summed E-state index contributed by atoms with van der Waals surface area (Å²) in [4.78, 5) is 0.443. The lowest BCUT2D eigenvalue weighted by Gasteiger charge is -2.19. The Hall–Kier alpha value is -1.09. The molecule has 0 aliphatic heterocycles. The molecule has 1 fully saturated rings. The molecule has 0 N–H and O–H groups in total. The van der Waals surface area contributed by atoms with Crippen LogP contribution in [-0.2, 0) is 0 Å². The van der Waals surface area contributed by atoms with Crippen LogP contribution >= 0.6 is 15.9 Å². The maximum absolute atomic E-state index is 4.51. The molecule has 1 unspecified atom stereocenters. The minimum atomic E-state index is 0.443. The molecular weight excluding hydrogens is 312 g/mol. The Morgan fingerprint density at radius 1 is 1.05 bits per heavy atom. The van der Waals surface area contributed by atoms with E-state index in [4.69, 9.17) is 0 Å². The minimum Gasteiger partial charge on any atom is -0.241 e. The third kappa shape index (κ3) is 3.14. The summed E-state index contributed by atoms with van der Waals surface area (Å²) >= 11 is 3.91. The molecule has 20 heavy (non-hydrogen) atoms. The van der Waals surface area contributed by atoms with E-state index < -0.39 is 0 Å². The Kier molecular flexibility index (Phi) is 4.56. The van der Waals surface area contributed by atoms with Crippen molar-refractivity contribution in [3.8, 4) is 5.69 Å². The van der Waals surface area contributed by atoms with Gasteiger partial charge in [-0.3, -0.25) is 0 Å². The van der Waals surface area contributed by atoms with Gasteiger partial charge in [-0.2, -0.15) is 5.10 Å². The third-order valence-corrected chi connectivity index (χ3v) is 5.53. The van der Waals surface area contributed by atoms with Crippen molar-refractivity contribution in [1.29, 1.82) is 0 Å². The molecule has 1 aliphatic rings. The van der Waals surface area contributed by atoms with Crippen LogP contribution in [0.4, 0.5) is 0 Å². The van der Waals surface area contributed by atoms with Gasteiger partial charge >= 0.3 is 0 Å². The van der Waals surface area contributed by atoms with E-state index in [0.717, 1.165) is 11.6 Å². The van der Waals surface area contributed by atoms with Gasteiger partial charge in [-0.25, -0.2) is 4.68 Å².